The van der Waals surface area contributed by atoms with Gasteiger partial charge >= 0.3 is 0 Å². The molecule has 0 spiro atoms. The van der Waals surface area contributed by atoms with Gasteiger partial charge in [0.05, 0.1) is 18.1 Å². The predicted octanol–water partition coefficient (Wildman–Crippen LogP) is 0.935. The number of nitrogens with one attached hydrogen (secondary N) is 1. The Morgan fingerprint density at radius 3 is 2.61 bits per heavy atom. The van der Waals surface area contributed by atoms with Crippen LogP contribution in [0.3, 0.4) is 0 Å². The molecule has 0 aromatic heterocycles. The van der Waals surface area contributed by atoms with Gasteiger partial charge in [0.2, 0.25) is 5.91 Å². The topological polar surface area (TPSA) is 98.9 Å². The number of nitrogens with zero attached hydrogens (tertiary/aromatic N) is 2. The Morgan fingerprint density at radius 1 is 1.36 bits per heavy atom. The predicted molar refractivity (Wildman–Crippen MR) is 106 cm³/mol. The molecule has 8 heteroatoms. The molecule has 1 fully saturated rings. The number of carbonyl (C=O) groups is 2. The molecule has 2 atom stereocenters. The average Bonchev–Trinajstić information content (AvgIpc) is 2.60. The van der Waals surface area contributed by atoms with E-state index in [1.807, 2.05) is 27.8 Å². The number of anilines is 1. The molecular formula is C20H31FN4O3. The molecule has 7 nitrogen and oxygen atoms in total. The Balaban J connectivity index is 2.02. The van der Waals surface area contributed by atoms with E-state index in [1.54, 1.807) is 4.90 Å². The highest BCUT2D eigenvalue weighted by Crippen LogP contribution is 2.25. The number of amides is 2. The molecule has 0 radical (unpaired) electrons. The van der Waals surface area contributed by atoms with Crippen LogP contribution < -0.4 is 11.1 Å². The first kappa shape index (κ1) is 22.1. The lowest BCUT2D eigenvalue weighted by Crippen LogP contribution is -2.57. The van der Waals surface area contributed by atoms with E-state index in [4.69, 9.17) is 5.73 Å². The molecule has 1 aromatic rings. The number of hydrogen-bond acceptors (Lipinski definition) is 5. The molecule has 1 saturated heterocycles. The lowest BCUT2D eigenvalue weighted by Gasteiger charge is -2.40. The standard InChI is InChI=1S/C20H31FN4O3/c1-20(2,3)16(12-26)18(27)23-10-14-11-25(8-7-24(14)4)19(28)15-6-5-13(21)9-17(15)22/h5-6,9,14,16,26H,7-8,10-12,22H2,1-4H3,(H,23,27). The number of nitrogen functional groups attached to an aromatic ring is 1. The van der Waals surface area contributed by atoms with E-state index in [0.717, 1.165) is 6.07 Å². The smallest absolute Gasteiger partial charge is 0.256 e. The lowest BCUT2D eigenvalue weighted by atomic mass is 9.80. The quantitative estimate of drug-likeness (QED) is 0.646. The maximum atomic E-state index is 13.3. The summed E-state index contributed by atoms with van der Waals surface area (Å²) in [5, 5.41) is 12.5. The van der Waals surface area contributed by atoms with Crippen molar-refractivity contribution in [2.75, 3.05) is 45.6 Å². The number of carbonyl (C=O) groups excluding carboxylic acids is 2. The van der Waals surface area contributed by atoms with Crippen molar-refractivity contribution < 1.29 is 19.1 Å². The number of aliphatic hydroxyl groups is 1. The van der Waals surface area contributed by atoms with E-state index in [-0.39, 0.29) is 41.1 Å². The Morgan fingerprint density at radius 2 is 2.04 bits per heavy atom. The van der Waals surface area contributed by atoms with Crippen molar-refractivity contribution in [2.45, 2.75) is 26.8 Å². The van der Waals surface area contributed by atoms with Crippen molar-refractivity contribution in [3.8, 4) is 0 Å². The Hall–Kier alpha value is -2.19. The number of hydrogen-bond donors (Lipinski definition) is 3. The second kappa shape index (κ2) is 8.87. The normalized spacial score (nSPS) is 19.4. The monoisotopic (exact) mass is 394 g/mol. The molecular weight excluding hydrogens is 363 g/mol. The van der Waals surface area contributed by atoms with Crippen LogP contribution in [-0.2, 0) is 4.79 Å². The van der Waals surface area contributed by atoms with Gasteiger partial charge in [-0.15, -0.1) is 0 Å². The minimum absolute atomic E-state index is 0.0670. The number of rotatable bonds is 5. The molecule has 4 N–H and O–H groups in total. The first-order valence-electron chi connectivity index (χ1n) is 9.47. The molecule has 1 aliphatic rings. The zero-order valence-corrected chi connectivity index (χ0v) is 17.0. The van der Waals surface area contributed by atoms with Gasteiger partial charge in [-0.05, 0) is 30.7 Å². The summed E-state index contributed by atoms with van der Waals surface area (Å²) in [5.41, 5.74) is 5.85. The summed E-state index contributed by atoms with van der Waals surface area (Å²) in [6.45, 7) is 7.48. The fourth-order valence-electron chi connectivity index (χ4n) is 3.34. The molecule has 0 aliphatic carbocycles. The van der Waals surface area contributed by atoms with E-state index in [2.05, 4.69) is 10.2 Å². The van der Waals surface area contributed by atoms with Crippen LogP contribution in [0.5, 0.6) is 0 Å². The summed E-state index contributed by atoms with van der Waals surface area (Å²) in [6.07, 6.45) is 0. The fraction of sp³-hybridized carbons (Fsp3) is 0.600. The molecule has 1 heterocycles. The van der Waals surface area contributed by atoms with Crippen LogP contribution in [0.4, 0.5) is 10.1 Å². The fourth-order valence-corrected chi connectivity index (χ4v) is 3.34. The summed E-state index contributed by atoms with van der Waals surface area (Å²) in [6, 6.07) is 3.70. The Labute approximate surface area is 165 Å². The molecule has 0 bridgehead atoms. The third kappa shape index (κ3) is 5.20. The van der Waals surface area contributed by atoms with Crippen molar-refractivity contribution in [3.05, 3.63) is 29.6 Å². The number of nitrogens with two attached hydrogens (primary N) is 1. The van der Waals surface area contributed by atoms with E-state index >= 15 is 0 Å². The van der Waals surface area contributed by atoms with Gasteiger partial charge < -0.3 is 21.1 Å². The van der Waals surface area contributed by atoms with Crippen LogP contribution in [0.2, 0.25) is 0 Å². The van der Waals surface area contributed by atoms with E-state index in [9.17, 15) is 19.1 Å². The first-order valence-corrected chi connectivity index (χ1v) is 9.47. The maximum Gasteiger partial charge on any atom is 0.256 e. The minimum atomic E-state index is -0.502. The van der Waals surface area contributed by atoms with E-state index in [0.29, 0.717) is 26.2 Å². The Bertz CT molecular complexity index is 720. The molecule has 1 aliphatic heterocycles. The Kier molecular flexibility index (Phi) is 7.01. The van der Waals surface area contributed by atoms with Gasteiger partial charge in [0, 0.05) is 37.9 Å². The third-order valence-corrected chi connectivity index (χ3v) is 5.36. The van der Waals surface area contributed by atoms with Gasteiger partial charge in [-0.1, -0.05) is 20.8 Å². The van der Waals surface area contributed by atoms with Gasteiger partial charge in [-0.2, -0.15) is 0 Å². The van der Waals surface area contributed by atoms with Crippen molar-refractivity contribution in [1.29, 1.82) is 0 Å². The van der Waals surface area contributed by atoms with Gasteiger partial charge in [-0.3, -0.25) is 14.5 Å². The number of halogens is 1. The van der Waals surface area contributed by atoms with Gasteiger partial charge in [0.15, 0.2) is 0 Å². The minimum Gasteiger partial charge on any atom is -0.398 e. The third-order valence-electron chi connectivity index (χ3n) is 5.36. The molecule has 156 valence electrons. The van der Waals surface area contributed by atoms with Crippen LogP contribution >= 0.6 is 0 Å². The maximum absolute atomic E-state index is 13.3. The lowest BCUT2D eigenvalue weighted by molar-refractivity contribution is -0.130. The molecule has 2 rings (SSSR count). The van der Waals surface area contributed by atoms with Gasteiger partial charge in [0.1, 0.15) is 5.82 Å². The van der Waals surface area contributed by atoms with E-state index < -0.39 is 11.7 Å². The van der Waals surface area contributed by atoms with Crippen molar-refractivity contribution in [3.63, 3.8) is 0 Å². The number of aliphatic hydroxyl groups excluding tert-OH is 1. The number of likely N-dealkylation sites (N-methyl/N-ethyl adjacent to an activating group) is 1. The van der Waals surface area contributed by atoms with Crippen molar-refractivity contribution in [1.82, 2.24) is 15.1 Å². The van der Waals surface area contributed by atoms with Crippen molar-refractivity contribution in [2.24, 2.45) is 11.3 Å². The van der Waals surface area contributed by atoms with Gasteiger partial charge in [0.25, 0.3) is 5.91 Å². The molecule has 0 saturated carbocycles. The summed E-state index contributed by atoms with van der Waals surface area (Å²) < 4.78 is 13.3. The average molecular weight is 394 g/mol. The second-order valence-electron chi connectivity index (χ2n) is 8.46. The SMILES string of the molecule is CN1CCN(C(=O)c2ccc(F)cc2N)CC1CNC(=O)C(CO)C(C)(C)C. The van der Waals surface area contributed by atoms with Gasteiger partial charge in [-0.25, -0.2) is 4.39 Å². The van der Waals surface area contributed by atoms with Crippen LogP contribution in [-0.4, -0.2) is 72.6 Å². The van der Waals surface area contributed by atoms with Crippen LogP contribution in [0.1, 0.15) is 31.1 Å². The zero-order valence-electron chi connectivity index (χ0n) is 17.0. The summed E-state index contributed by atoms with van der Waals surface area (Å²) in [5.74, 6) is -1.43. The molecule has 2 unspecified atom stereocenters. The number of piperazine rings is 1. The second-order valence-corrected chi connectivity index (χ2v) is 8.46. The van der Waals surface area contributed by atoms with Crippen LogP contribution in [0.25, 0.3) is 0 Å². The van der Waals surface area contributed by atoms with Crippen molar-refractivity contribution >= 4 is 17.5 Å². The summed E-state index contributed by atoms with van der Waals surface area (Å²) in [4.78, 5) is 29.0. The molecule has 1 aromatic carbocycles. The highest BCUT2D eigenvalue weighted by Gasteiger charge is 2.33. The number of benzene rings is 1. The highest BCUT2D eigenvalue weighted by molar-refractivity contribution is 5.99. The van der Waals surface area contributed by atoms with Crippen LogP contribution in [0.15, 0.2) is 18.2 Å². The first-order chi connectivity index (χ1) is 13.0. The zero-order chi connectivity index (χ0) is 21.1. The summed E-state index contributed by atoms with van der Waals surface area (Å²) in [7, 11) is 1.94. The molecule has 2 amide bonds. The largest absolute Gasteiger partial charge is 0.398 e. The summed E-state index contributed by atoms with van der Waals surface area (Å²) >= 11 is 0. The molecule has 28 heavy (non-hydrogen) atoms. The highest BCUT2D eigenvalue weighted by atomic mass is 19.1. The van der Waals surface area contributed by atoms with E-state index in [1.165, 1.54) is 12.1 Å². The van der Waals surface area contributed by atoms with Crippen LogP contribution in [0, 0.1) is 17.2 Å².